The first-order valence-corrected chi connectivity index (χ1v) is 6.65. The minimum Gasteiger partial charge on any atom is -0.409 e. The van der Waals surface area contributed by atoms with Gasteiger partial charge in [0.2, 0.25) is 0 Å². The van der Waals surface area contributed by atoms with Crippen LogP contribution in [0.2, 0.25) is 0 Å². The predicted octanol–water partition coefficient (Wildman–Crippen LogP) is 2.35. The third kappa shape index (κ3) is 3.96. The third-order valence-electron chi connectivity index (χ3n) is 2.97. The number of aryl methyl sites for hydroxylation is 1. The van der Waals surface area contributed by atoms with Crippen LogP contribution in [-0.4, -0.2) is 34.9 Å². The summed E-state index contributed by atoms with van der Waals surface area (Å²) in [6, 6.07) is 5.46. The molecule has 1 aromatic carbocycles. The lowest BCUT2D eigenvalue weighted by atomic mass is 10.1. The maximum atomic E-state index is 12.4. The first-order valence-electron chi connectivity index (χ1n) is 5.86. The maximum Gasteiger partial charge on any atom is 0.255 e. The molecule has 0 fully saturated rings. The van der Waals surface area contributed by atoms with Crippen LogP contribution < -0.4 is 5.73 Å². The van der Waals surface area contributed by atoms with Crippen molar-refractivity contribution in [2.24, 2.45) is 10.9 Å². The number of benzene rings is 1. The SMILES string of the molecule is Cc1ccc(Br)c(C(=O)N(C)C(C)C/C(N)=N/O)c1. The Morgan fingerprint density at radius 3 is 2.79 bits per heavy atom. The molecule has 0 aliphatic heterocycles. The molecule has 0 heterocycles. The van der Waals surface area contributed by atoms with Gasteiger partial charge in [-0.1, -0.05) is 16.8 Å². The number of nitrogens with zero attached hydrogens (tertiary/aromatic N) is 2. The first-order chi connectivity index (χ1) is 8.86. The molecular weight excluding hydrogens is 310 g/mol. The molecule has 0 saturated carbocycles. The van der Waals surface area contributed by atoms with Gasteiger partial charge in [-0.05, 0) is 41.9 Å². The zero-order valence-electron chi connectivity index (χ0n) is 11.2. The quantitative estimate of drug-likeness (QED) is 0.385. The van der Waals surface area contributed by atoms with Crippen molar-refractivity contribution < 1.29 is 10.0 Å². The molecule has 1 amide bonds. The molecule has 1 atom stereocenters. The van der Waals surface area contributed by atoms with Crippen molar-refractivity contribution >= 4 is 27.7 Å². The number of amides is 1. The van der Waals surface area contributed by atoms with E-state index in [1.807, 2.05) is 32.0 Å². The van der Waals surface area contributed by atoms with E-state index in [2.05, 4.69) is 21.1 Å². The Morgan fingerprint density at radius 2 is 2.21 bits per heavy atom. The Hall–Kier alpha value is -1.56. The monoisotopic (exact) mass is 327 g/mol. The van der Waals surface area contributed by atoms with Crippen LogP contribution >= 0.6 is 15.9 Å². The van der Waals surface area contributed by atoms with Crippen molar-refractivity contribution in [3.8, 4) is 0 Å². The summed E-state index contributed by atoms with van der Waals surface area (Å²) in [5.41, 5.74) is 7.08. The number of halogens is 1. The highest BCUT2D eigenvalue weighted by atomic mass is 79.9. The van der Waals surface area contributed by atoms with Crippen molar-refractivity contribution in [2.45, 2.75) is 26.3 Å². The fourth-order valence-electron chi connectivity index (χ4n) is 1.67. The summed E-state index contributed by atoms with van der Waals surface area (Å²) < 4.78 is 0.756. The Balaban J connectivity index is 2.90. The molecule has 3 N–H and O–H groups in total. The van der Waals surface area contributed by atoms with E-state index >= 15 is 0 Å². The predicted molar refractivity (Wildman–Crippen MR) is 78.5 cm³/mol. The summed E-state index contributed by atoms with van der Waals surface area (Å²) in [5.74, 6) is 0.00396. The number of carbonyl (C=O) groups excluding carboxylic acids is 1. The molecule has 1 aromatic rings. The number of rotatable bonds is 4. The van der Waals surface area contributed by atoms with Crippen LogP contribution in [0.25, 0.3) is 0 Å². The smallest absolute Gasteiger partial charge is 0.255 e. The van der Waals surface area contributed by atoms with E-state index in [9.17, 15) is 4.79 Å². The maximum absolute atomic E-state index is 12.4. The van der Waals surface area contributed by atoms with E-state index in [1.54, 1.807) is 11.9 Å². The van der Waals surface area contributed by atoms with Gasteiger partial charge in [0.1, 0.15) is 5.84 Å². The molecule has 0 aromatic heterocycles. The van der Waals surface area contributed by atoms with Gasteiger partial charge in [0.15, 0.2) is 0 Å². The molecule has 1 unspecified atom stereocenters. The van der Waals surface area contributed by atoms with Crippen LogP contribution in [0.5, 0.6) is 0 Å². The second-order valence-corrected chi connectivity index (χ2v) is 5.40. The third-order valence-corrected chi connectivity index (χ3v) is 3.66. The summed E-state index contributed by atoms with van der Waals surface area (Å²) in [6.45, 7) is 3.78. The van der Waals surface area contributed by atoms with Crippen molar-refractivity contribution in [1.82, 2.24) is 4.90 Å². The summed E-state index contributed by atoms with van der Waals surface area (Å²) >= 11 is 3.38. The van der Waals surface area contributed by atoms with Gasteiger partial charge in [-0.3, -0.25) is 4.79 Å². The van der Waals surface area contributed by atoms with E-state index < -0.39 is 0 Å². The molecule has 0 aliphatic rings. The molecule has 1 rings (SSSR count). The summed E-state index contributed by atoms with van der Waals surface area (Å²) in [6.07, 6.45) is 0.322. The van der Waals surface area contributed by atoms with Gasteiger partial charge >= 0.3 is 0 Å². The second-order valence-electron chi connectivity index (χ2n) is 4.54. The molecule has 19 heavy (non-hydrogen) atoms. The van der Waals surface area contributed by atoms with Crippen LogP contribution in [-0.2, 0) is 0 Å². The lowest BCUT2D eigenvalue weighted by molar-refractivity contribution is 0.0746. The van der Waals surface area contributed by atoms with Crippen molar-refractivity contribution in [2.75, 3.05) is 7.05 Å². The van der Waals surface area contributed by atoms with Crippen LogP contribution in [0.1, 0.15) is 29.3 Å². The number of nitrogens with two attached hydrogens (primary N) is 1. The number of hydrogen-bond acceptors (Lipinski definition) is 3. The topological polar surface area (TPSA) is 78.9 Å². The number of hydrogen-bond donors (Lipinski definition) is 2. The Morgan fingerprint density at radius 1 is 1.58 bits per heavy atom. The van der Waals surface area contributed by atoms with Crippen molar-refractivity contribution in [1.29, 1.82) is 0 Å². The van der Waals surface area contributed by atoms with Gasteiger partial charge in [0.25, 0.3) is 5.91 Å². The van der Waals surface area contributed by atoms with Gasteiger partial charge in [0.05, 0.1) is 5.56 Å². The molecule has 0 saturated heterocycles. The average Bonchev–Trinajstić information content (AvgIpc) is 2.39. The standard InChI is InChI=1S/C13H18BrN3O2/c1-8-4-5-11(14)10(6-8)13(18)17(3)9(2)7-12(15)16-19/h4-6,9,19H,7H2,1-3H3,(H2,15,16). The van der Waals surface area contributed by atoms with Gasteiger partial charge < -0.3 is 15.8 Å². The zero-order chi connectivity index (χ0) is 14.6. The average molecular weight is 328 g/mol. The molecule has 5 nitrogen and oxygen atoms in total. The number of oxime groups is 1. The van der Waals surface area contributed by atoms with Crippen molar-refractivity contribution in [3.63, 3.8) is 0 Å². The second kappa shape index (κ2) is 6.56. The molecule has 0 aliphatic carbocycles. The van der Waals surface area contributed by atoms with E-state index in [0.29, 0.717) is 12.0 Å². The highest BCUT2D eigenvalue weighted by molar-refractivity contribution is 9.10. The highest BCUT2D eigenvalue weighted by Crippen LogP contribution is 2.20. The van der Waals surface area contributed by atoms with Crippen LogP contribution in [0, 0.1) is 6.92 Å². The van der Waals surface area contributed by atoms with Crippen LogP contribution in [0.4, 0.5) is 0 Å². The fraction of sp³-hybridized carbons (Fsp3) is 0.385. The Bertz CT molecular complexity index is 503. The summed E-state index contributed by atoms with van der Waals surface area (Å²) in [7, 11) is 1.70. The van der Waals surface area contributed by atoms with Crippen molar-refractivity contribution in [3.05, 3.63) is 33.8 Å². The Kier molecular flexibility index (Phi) is 5.35. The summed E-state index contributed by atoms with van der Waals surface area (Å²) in [5, 5.41) is 11.5. The van der Waals surface area contributed by atoms with Gasteiger partial charge in [-0.2, -0.15) is 0 Å². The highest BCUT2D eigenvalue weighted by Gasteiger charge is 2.20. The zero-order valence-corrected chi connectivity index (χ0v) is 12.8. The molecule has 6 heteroatoms. The van der Waals surface area contributed by atoms with E-state index in [1.165, 1.54) is 0 Å². The van der Waals surface area contributed by atoms with E-state index in [0.717, 1.165) is 10.0 Å². The molecule has 104 valence electrons. The lowest BCUT2D eigenvalue weighted by Gasteiger charge is -2.25. The lowest BCUT2D eigenvalue weighted by Crippen LogP contribution is -2.38. The minimum atomic E-state index is -0.157. The number of amidine groups is 1. The van der Waals surface area contributed by atoms with Crippen LogP contribution in [0.3, 0.4) is 0 Å². The van der Waals surface area contributed by atoms with Gasteiger partial charge in [-0.15, -0.1) is 0 Å². The molecule has 0 radical (unpaired) electrons. The van der Waals surface area contributed by atoms with Crippen LogP contribution in [0.15, 0.2) is 27.8 Å². The number of carbonyl (C=O) groups is 1. The summed E-state index contributed by atoms with van der Waals surface area (Å²) in [4.78, 5) is 14.0. The molecular formula is C13H18BrN3O2. The largest absolute Gasteiger partial charge is 0.409 e. The fourth-order valence-corrected chi connectivity index (χ4v) is 2.09. The first kappa shape index (κ1) is 15.5. The minimum absolute atomic E-state index is 0.103. The van der Waals surface area contributed by atoms with E-state index in [4.69, 9.17) is 10.9 Å². The van der Waals surface area contributed by atoms with Gasteiger partial charge in [0, 0.05) is 24.0 Å². The molecule has 0 bridgehead atoms. The Labute approximate surface area is 121 Å². The normalized spacial score (nSPS) is 13.2. The van der Waals surface area contributed by atoms with Gasteiger partial charge in [-0.25, -0.2) is 0 Å². The molecule has 0 spiro atoms. The van der Waals surface area contributed by atoms with E-state index in [-0.39, 0.29) is 17.8 Å².